The fraction of sp³-hybridized carbons (Fsp3) is 0.0625. The molecule has 26 heavy (non-hydrogen) atoms. The van der Waals surface area contributed by atoms with Crippen molar-refractivity contribution in [2.45, 2.75) is 6.18 Å². The van der Waals surface area contributed by atoms with Crippen molar-refractivity contribution in [3.8, 4) is 11.4 Å². The van der Waals surface area contributed by atoms with Gasteiger partial charge in [-0.15, -0.1) is 0 Å². The molecule has 0 atom stereocenters. The lowest BCUT2D eigenvalue weighted by atomic mass is 10.1. The third-order valence-corrected chi connectivity index (χ3v) is 3.66. The molecule has 0 bridgehead atoms. The summed E-state index contributed by atoms with van der Waals surface area (Å²) >= 11 is 5.81. The number of aromatic nitrogens is 2. The van der Waals surface area contributed by atoms with Gasteiger partial charge in [0.25, 0.3) is 0 Å². The molecule has 0 saturated heterocycles. The predicted octanol–water partition coefficient (Wildman–Crippen LogP) is 4.11. The number of ether oxygens (including phenoxy) is 1. The molecule has 0 saturated carbocycles. The van der Waals surface area contributed by atoms with Crippen molar-refractivity contribution in [2.24, 2.45) is 0 Å². The van der Waals surface area contributed by atoms with Crippen LogP contribution in [-0.2, 0) is 6.18 Å². The number of nitrogens with zero attached hydrogens (tertiary/aromatic N) is 2. The van der Waals surface area contributed by atoms with Gasteiger partial charge in [-0.05, 0) is 24.3 Å². The minimum Gasteiger partial charge on any atom is -0.449 e. The molecule has 0 fully saturated rings. The Morgan fingerprint density at radius 3 is 2.54 bits per heavy atom. The quantitative estimate of drug-likeness (QED) is 0.531. The second kappa shape index (κ2) is 6.34. The maximum Gasteiger partial charge on any atom is 0.511 e. The number of benzene rings is 1. The van der Waals surface area contributed by atoms with E-state index in [4.69, 9.17) is 16.7 Å². The van der Waals surface area contributed by atoms with E-state index >= 15 is 0 Å². The third kappa shape index (κ3) is 3.21. The van der Waals surface area contributed by atoms with Gasteiger partial charge in [-0.1, -0.05) is 23.7 Å². The number of pyridine rings is 2. The summed E-state index contributed by atoms with van der Waals surface area (Å²) in [6, 6.07) is 7.05. The molecule has 3 rings (SSSR count). The zero-order valence-corrected chi connectivity index (χ0v) is 13.4. The summed E-state index contributed by atoms with van der Waals surface area (Å²) in [6.45, 7) is 0. The number of hydrogen-bond acceptors (Lipinski definition) is 4. The number of halogens is 4. The van der Waals surface area contributed by atoms with Gasteiger partial charge in [-0.25, -0.2) is 9.78 Å². The first-order valence-electron chi connectivity index (χ1n) is 6.98. The van der Waals surface area contributed by atoms with Gasteiger partial charge in [0.15, 0.2) is 5.75 Å². The fourth-order valence-corrected chi connectivity index (χ4v) is 2.57. The summed E-state index contributed by atoms with van der Waals surface area (Å²) in [5.41, 5.74) is -2.38. The lowest BCUT2D eigenvalue weighted by molar-refractivity contribution is -0.137. The van der Waals surface area contributed by atoms with Gasteiger partial charge in [0.2, 0.25) is 5.43 Å². The van der Waals surface area contributed by atoms with E-state index in [0.717, 1.165) is 22.9 Å². The van der Waals surface area contributed by atoms with Crippen LogP contribution in [-0.4, -0.2) is 20.8 Å². The summed E-state index contributed by atoms with van der Waals surface area (Å²) in [4.78, 5) is 27.0. The molecule has 0 aliphatic rings. The zero-order chi connectivity index (χ0) is 19.1. The predicted molar refractivity (Wildman–Crippen MR) is 86.0 cm³/mol. The Hall–Kier alpha value is -3.07. The van der Waals surface area contributed by atoms with E-state index in [0.29, 0.717) is 0 Å². The summed E-state index contributed by atoms with van der Waals surface area (Å²) in [5, 5.41) is 8.56. The van der Waals surface area contributed by atoms with Gasteiger partial charge in [-0.2, -0.15) is 13.2 Å². The number of rotatable bonds is 2. The molecule has 0 aliphatic carbocycles. The first-order chi connectivity index (χ1) is 12.2. The highest BCUT2D eigenvalue weighted by molar-refractivity contribution is 6.29. The highest BCUT2D eigenvalue weighted by Crippen LogP contribution is 2.35. The van der Waals surface area contributed by atoms with Crippen LogP contribution in [0.1, 0.15) is 5.56 Å². The van der Waals surface area contributed by atoms with Crippen LogP contribution in [0.15, 0.2) is 47.4 Å². The highest BCUT2D eigenvalue weighted by Gasteiger charge is 2.34. The maximum absolute atomic E-state index is 13.4. The molecule has 1 N–H and O–H groups in total. The Bertz CT molecular complexity index is 1080. The summed E-state index contributed by atoms with van der Waals surface area (Å²) in [5.74, 6) is -0.661. The van der Waals surface area contributed by atoms with Crippen LogP contribution in [0.4, 0.5) is 18.0 Å². The number of alkyl halides is 3. The van der Waals surface area contributed by atoms with Crippen molar-refractivity contribution >= 4 is 28.8 Å². The average Bonchev–Trinajstić information content (AvgIpc) is 2.56. The molecule has 0 unspecified atom stereocenters. The van der Waals surface area contributed by atoms with Crippen LogP contribution >= 0.6 is 11.6 Å². The van der Waals surface area contributed by atoms with Crippen molar-refractivity contribution in [1.82, 2.24) is 9.55 Å². The third-order valence-electron chi connectivity index (χ3n) is 3.45. The molecule has 3 aromatic rings. The Kier molecular flexibility index (Phi) is 4.33. The summed E-state index contributed by atoms with van der Waals surface area (Å²) in [6.07, 6.45) is -5.63. The maximum atomic E-state index is 13.4. The van der Waals surface area contributed by atoms with Crippen LogP contribution in [0.2, 0.25) is 5.15 Å². The Morgan fingerprint density at radius 2 is 1.88 bits per heavy atom. The van der Waals surface area contributed by atoms with Gasteiger partial charge in [0, 0.05) is 0 Å². The molecule has 0 aliphatic heterocycles. The monoisotopic (exact) mass is 384 g/mol. The van der Waals surface area contributed by atoms with Crippen molar-refractivity contribution in [1.29, 1.82) is 0 Å². The highest BCUT2D eigenvalue weighted by atomic mass is 35.5. The van der Waals surface area contributed by atoms with E-state index in [1.54, 1.807) is 0 Å². The van der Waals surface area contributed by atoms with Crippen molar-refractivity contribution in [3.05, 3.63) is 63.5 Å². The van der Waals surface area contributed by atoms with Gasteiger partial charge in [-0.3, -0.25) is 9.36 Å². The minimum absolute atomic E-state index is 0.0537. The lowest BCUT2D eigenvalue weighted by Gasteiger charge is -2.17. The molecule has 1 aromatic carbocycles. The largest absolute Gasteiger partial charge is 0.511 e. The first-order valence-corrected chi connectivity index (χ1v) is 7.35. The standard InChI is InChI=1S/C16H8ClF3N2O4/c17-12-6-5-8-13(23)11(26-15(24)25)7-22(14(8)21-12)10-4-2-1-3-9(10)16(18,19)20/h1-7H,(H,24,25). The van der Waals surface area contributed by atoms with E-state index in [-0.39, 0.29) is 21.9 Å². The molecular weight excluding hydrogens is 377 g/mol. The second-order valence-corrected chi connectivity index (χ2v) is 5.47. The van der Waals surface area contributed by atoms with Gasteiger partial charge in [0.05, 0.1) is 22.8 Å². The van der Waals surface area contributed by atoms with Crippen molar-refractivity contribution in [3.63, 3.8) is 0 Å². The van der Waals surface area contributed by atoms with E-state index in [9.17, 15) is 22.8 Å². The number of para-hydroxylation sites is 1. The van der Waals surface area contributed by atoms with Gasteiger partial charge >= 0.3 is 12.3 Å². The number of carbonyl (C=O) groups is 1. The van der Waals surface area contributed by atoms with Gasteiger partial charge < -0.3 is 9.84 Å². The number of hydrogen-bond donors (Lipinski definition) is 1. The van der Waals surface area contributed by atoms with E-state index < -0.39 is 29.1 Å². The fourth-order valence-electron chi connectivity index (χ4n) is 2.43. The first kappa shape index (κ1) is 17.7. The second-order valence-electron chi connectivity index (χ2n) is 5.08. The SMILES string of the molecule is O=C(O)Oc1cn(-c2ccccc2C(F)(F)F)c2nc(Cl)ccc2c1=O. The zero-order valence-electron chi connectivity index (χ0n) is 12.6. The van der Waals surface area contributed by atoms with Crippen molar-refractivity contribution in [2.75, 3.05) is 0 Å². The molecule has 10 heteroatoms. The molecule has 0 spiro atoms. The molecule has 0 amide bonds. The van der Waals surface area contributed by atoms with E-state index in [1.165, 1.54) is 24.3 Å². The van der Waals surface area contributed by atoms with Crippen LogP contribution in [0.25, 0.3) is 16.7 Å². The summed E-state index contributed by atoms with van der Waals surface area (Å²) in [7, 11) is 0. The lowest BCUT2D eigenvalue weighted by Crippen LogP contribution is -2.18. The average molecular weight is 385 g/mol. The van der Waals surface area contributed by atoms with Crippen LogP contribution in [0, 0.1) is 0 Å². The van der Waals surface area contributed by atoms with Crippen LogP contribution < -0.4 is 10.2 Å². The topological polar surface area (TPSA) is 81.4 Å². The Morgan fingerprint density at radius 1 is 1.19 bits per heavy atom. The van der Waals surface area contributed by atoms with E-state index in [1.807, 2.05) is 0 Å². The van der Waals surface area contributed by atoms with Crippen molar-refractivity contribution < 1.29 is 27.8 Å². The van der Waals surface area contributed by atoms with Crippen LogP contribution in [0.3, 0.4) is 0 Å². The Balaban J connectivity index is 2.43. The molecule has 134 valence electrons. The van der Waals surface area contributed by atoms with Crippen LogP contribution in [0.5, 0.6) is 5.75 Å². The minimum atomic E-state index is -4.70. The molecule has 6 nitrogen and oxygen atoms in total. The number of fused-ring (bicyclic) bond motifs is 1. The molecule has 2 heterocycles. The van der Waals surface area contributed by atoms with E-state index in [2.05, 4.69) is 9.72 Å². The smallest absolute Gasteiger partial charge is 0.449 e. The molecular formula is C16H8ClF3N2O4. The summed E-state index contributed by atoms with van der Waals surface area (Å²) < 4.78 is 45.4. The molecule has 0 radical (unpaired) electrons. The Labute approximate surface area is 148 Å². The number of carboxylic acid groups (broad SMARTS) is 1. The molecule has 2 aromatic heterocycles. The van der Waals surface area contributed by atoms with Gasteiger partial charge in [0.1, 0.15) is 10.8 Å². The normalized spacial score (nSPS) is 11.5.